The molecule has 29 heteroatoms. The summed E-state index contributed by atoms with van der Waals surface area (Å²) >= 11 is 0. The Labute approximate surface area is 693 Å². The van der Waals surface area contributed by atoms with Gasteiger partial charge in [0.25, 0.3) is 23.6 Å². The predicted molar refractivity (Wildman–Crippen MR) is 440 cm³/mol. The second-order valence-electron chi connectivity index (χ2n) is 30.2. The number of nitrogens with zero attached hydrogens (tertiary/aromatic N) is 5. The third-order valence-electron chi connectivity index (χ3n) is 21.3. The Morgan fingerprint density at radius 2 is 1.10 bits per heavy atom. The molecule has 0 bridgehead atoms. The first-order valence-corrected chi connectivity index (χ1v) is 40.7. The number of Topliss-reactive ketones (excluding diaryl/α,β-unsaturated/α-hetero) is 3. The number of carbonyl (C=O) groups excluding carboxylic acids is 9. The number of amides is 6. The van der Waals surface area contributed by atoms with E-state index in [1.807, 2.05) is 80.4 Å². The number of aliphatic hydroxyl groups excluding tert-OH is 1. The van der Waals surface area contributed by atoms with Gasteiger partial charge in [0.15, 0.2) is 17.3 Å². The normalized spacial score (nSPS) is 16.3. The first-order chi connectivity index (χ1) is 57.7. The zero-order valence-electron chi connectivity index (χ0n) is 68.6. The molecule has 6 aromatic carbocycles. The minimum atomic E-state index is -1.06. The van der Waals surface area contributed by atoms with Crippen LogP contribution in [0.15, 0.2) is 132 Å². The highest BCUT2D eigenvalue weighted by atomic mass is 16.6. The molecular formula is C90H109N7O22. The lowest BCUT2D eigenvalue weighted by Gasteiger charge is -2.37. The molecule has 0 spiro atoms. The molecule has 5 atom stereocenters. The van der Waals surface area contributed by atoms with E-state index in [-0.39, 0.29) is 124 Å². The monoisotopic (exact) mass is 1640 g/mol. The Morgan fingerprint density at radius 1 is 0.563 bits per heavy atom. The zero-order valence-corrected chi connectivity index (χ0v) is 68.6. The van der Waals surface area contributed by atoms with Gasteiger partial charge in [-0.3, -0.25) is 53.1 Å². The van der Waals surface area contributed by atoms with Crippen molar-refractivity contribution in [3.63, 3.8) is 0 Å². The van der Waals surface area contributed by atoms with E-state index >= 15 is 0 Å². The summed E-state index contributed by atoms with van der Waals surface area (Å²) in [5, 5.41) is 17.6. The number of hydrogen-bond donors (Lipinski definition) is 3. The fourth-order valence-electron chi connectivity index (χ4n) is 14.4. The highest BCUT2D eigenvalue weighted by Gasteiger charge is 2.40. The van der Waals surface area contributed by atoms with E-state index in [9.17, 15) is 48.3 Å². The Bertz CT molecular complexity index is 4550. The summed E-state index contributed by atoms with van der Waals surface area (Å²) in [5.41, 5.74) is 9.81. The topological polar surface area (TPSA) is 334 Å². The van der Waals surface area contributed by atoms with Crippen LogP contribution in [0.5, 0.6) is 17.2 Å². The van der Waals surface area contributed by atoms with Crippen LogP contribution in [0.4, 0.5) is 21.9 Å². The molecule has 3 N–H and O–H groups in total. The smallest absolute Gasteiger partial charge is 0.414 e. The maximum absolute atomic E-state index is 14.2. The number of aryl methyl sites for hydroxylation is 1. The van der Waals surface area contributed by atoms with E-state index in [0.29, 0.717) is 205 Å². The van der Waals surface area contributed by atoms with Gasteiger partial charge in [-0.25, -0.2) is 4.79 Å². The van der Waals surface area contributed by atoms with Crippen LogP contribution in [0.2, 0.25) is 0 Å². The number of aliphatic imine (C=N–C) groups is 1. The summed E-state index contributed by atoms with van der Waals surface area (Å²) in [6.45, 7) is 13.9. The van der Waals surface area contributed by atoms with Gasteiger partial charge < -0.3 is 82.4 Å². The highest BCUT2D eigenvalue weighted by Crippen LogP contribution is 2.41. The third kappa shape index (κ3) is 25.7. The fraction of sp³-hybridized carbons (Fsp3) is 0.467. The number of methoxy groups -OCH3 is 1. The average Bonchev–Trinajstić information content (AvgIpc) is 1.64. The van der Waals surface area contributed by atoms with Gasteiger partial charge in [-0.1, -0.05) is 86.6 Å². The van der Waals surface area contributed by atoms with Gasteiger partial charge in [0.2, 0.25) is 5.91 Å². The molecular weight excluding hydrogens is 1530 g/mol. The number of nitrogens with one attached hydrogen (secondary N) is 2. The Kier molecular flexibility index (Phi) is 33.7. The lowest BCUT2D eigenvalue weighted by atomic mass is 9.88. The van der Waals surface area contributed by atoms with Gasteiger partial charge in [-0.15, -0.1) is 0 Å². The lowest BCUT2D eigenvalue weighted by molar-refractivity contribution is -0.137. The number of rotatable bonds is 49. The summed E-state index contributed by atoms with van der Waals surface area (Å²) in [4.78, 5) is 129. The van der Waals surface area contributed by atoms with Crippen LogP contribution in [0.1, 0.15) is 124 Å². The number of anilines is 2. The van der Waals surface area contributed by atoms with Gasteiger partial charge in [-0.2, -0.15) is 0 Å². The summed E-state index contributed by atoms with van der Waals surface area (Å²) in [7, 11) is 3.09. The summed E-state index contributed by atoms with van der Waals surface area (Å²) < 4.78 is 69.2. The number of hydrogen-bond acceptors (Lipinski definition) is 24. The molecule has 0 aromatic heterocycles. The molecule has 11 rings (SSSR count). The number of carbonyl (C=O) groups is 9. The van der Waals surface area contributed by atoms with Crippen molar-refractivity contribution in [3.8, 4) is 17.2 Å². The molecule has 5 heterocycles. The molecule has 5 aliphatic rings. The largest absolute Gasteiger partial charge is 0.493 e. The van der Waals surface area contributed by atoms with E-state index in [0.717, 1.165) is 21.6 Å². The Balaban J connectivity index is 0.567. The summed E-state index contributed by atoms with van der Waals surface area (Å²) in [6.07, 6.45) is 4.73. The molecule has 0 aliphatic carbocycles. The molecule has 0 fully saturated rings. The first-order valence-electron chi connectivity index (χ1n) is 40.7. The first kappa shape index (κ1) is 89.2. The van der Waals surface area contributed by atoms with Crippen molar-refractivity contribution >= 4 is 76.3 Å². The number of aliphatic hydroxyl groups is 1. The Morgan fingerprint density at radius 3 is 1.69 bits per heavy atom. The van der Waals surface area contributed by atoms with Crippen molar-refractivity contribution in [2.45, 2.75) is 136 Å². The molecule has 5 aliphatic heterocycles. The molecule has 119 heavy (non-hydrogen) atoms. The third-order valence-corrected chi connectivity index (χ3v) is 21.3. The van der Waals surface area contributed by atoms with Crippen LogP contribution < -0.4 is 29.7 Å². The van der Waals surface area contributed by atoms with Crippen molar-refractivity contribution in [1.82, 2.24) is 20.0 Å². The molecule has 0 radical (unpaired) electrons. The van der Waals surface area contributed by atoms with Gasteiger partial charge in [0.1, 0.15) is 43.4 Å². The van der Waals surface area contributed by atoms with Crippen molar-refractivity contribution in [2.75, 3.05) is 137 Å². The Hall–Kier alpha value is -10.6. The van der Waals surface area contributed by atoms with Gasteiger partial charge in [-0.05, 0) is 119 Å². The molecule has 29 nitrogen and oxygen atoms in total. The fourth-order valence-corrected chi connectivity index (χ4v) is 14.4. The van der Waals surface area contributed by atoms with Gasteiger partial charge in [0.05, 0.1) is 147 Å². The second-order valence-corrected chi connectivity index (χ2v) is 30.2. The molecule has 6 aromatic rings. The second kappa shape index (κ2) is 45.0. The molecule has 0 saturated heterocycles. The maximum atomic E-state index is 14.2. The van der Waals surface area contributed by atoms with Crippen molar-refractivity contribution in [1.29, 1.82) is 0 Å². The quantitative estimate of drug-likeness (QED) is 0.0236. The van der Waals surface area contributed by atoms with Crippen LogP contribution in [-0.2, 0) is 124 Å². The number of ketones is 3. The lowest BCUT2D eigenvalue weighted by Crippen LogP contribution is -2.50. The number of ether oxygens (including phenoxy) is 12. The molecule has 0 saturated carbocycles. The van der Waals surface area contributed by atoms with E-state index in [1.165, 1.54) is 29.7 Å². The van der Waals surface area contributed by atoms with E-state index < -0.39 is 30.3 Å². The minimum absolute atomic E-state index is 0.00819. The van der Waals surface area contributed by atoms with E-state index in [4.69, 9.17) is 61.8 Å². The number of imide groups is 1. The van der Waals surface area contributed by atoms with E-state index in [2.05, 4.69) is 16.7 Å². The predicted octanol–water partition coefficient (Wildman–Crippen LogP) is 9.56. The maximum Gasteiger partial charge on any atom is 0.414 e. The molecule has 3 unspecified atom stereocenters. The highest BCUT2D eigenvalue weighted by molar-refractivity contribution is 6.13. The number of fused-ring (bicyclic) bond motifs is 6. The minimum Gasteiger partial charge on any atom is -0.493 e. The van der Waals surface area contributed by atoms with Gasteiger partial charge in [0, 0.05) is 107 Å². The van der Waals surface area contributed by atoms with E-state index in [1.54, 1.807) is 79.5 Å². The standard InChI is InChI=1S/C90H109N7O22/c1-59(2)74(49-73(99)24-27-110-29-31-112-33-35-114-37-39-116-41-40-115-38-36-113-34-32-111-30-28-109-26-11-16-72(98)23-25-95-84(101)21-22-85(95)102)86(103)92-61(4)80(100)46-62-17-19-63(20-18-62)56-119-90(107)94(5)70-44-64(57-117-81-52-78-75(42-60(81)3)89(106)97-55-69-15-10-8-13-67(69)48-79(97)87(104)93-78)43-65(45-70)58-118-83-51-77-76(50-82(83)108-6)88(105)96-54-68-14-9-7-12-66(68)47-71(96)53-91-77/h7-10,12-15,17-22,42-45,50-53,59,61,71,74,79,87,93,104H,11,16,23-41,46-49,54-58H2,1-6H3,(H,92,103)/t61-,71?,74-,79?,87?/m0/s1. The summed E-state index contributed by atoms with van der Waals surface area (Å²) in [6, 6.07) is 33.9. The van der Waals surface area contributed by atoms with Gasteiger partial charge >= 0.3 is 6.09 Å². The van der Waals surface area contributed by atoms with Crippen molar-refractivity contribution < 1.29 is 105 Å². The van der Waals surface area contributed by atoms with Crippen LogP contribution in [0, 0.1) is 18.8 Å². The van der Waals surface area contributed by atoms with Crippen LogP contribution in [0.3, 0.4) is 0 Å². The van der Waals surface area contributed by atoms with Crippen LogP contribution in [-0.4, -0.2) is 230 Å². The average molecular weight is 1640 g/mol. The molecule has 636 valence electrons. The summed E-state index contributed by atoms with van der Waals surface area (Å²) in [5.74, 6) is -1.65. The SMILES string of the molecule is COc1cc2c(cc1OCc1cc(COc3cc4c(cc3C)C(=O)N3Cc5ccccc5CC3C(O)N4)cc(N(C)C(=O)OCc3ccc(CC(=O)[C@H](C)NC(=O)[C@@H](CC(=O)CCOCCOCCOCCOCCOCCOCCOCCOCCCC(=O)CCN4C(=O)C=CC4=O)C(C)C)cc3)c1)N=CC1Cc3ccccc3CN1C2=O. The van der Waals surface area contributed by atoms with Crippen molar-refractivity contribution in [3.05, 3.63) is 189 Å². The zero-order chi connectivity index (χ0) is 84.2. The van der Waals surface area contributed by atoms with Crippen LogP contribution >= 0.6 is 0 Å². The van der Waals surface area contributed by atoms with Crippen molar-refractivity contribution in [2.24, 2.45) is 16.8 Å². The number of benzene rings is 6. The van der Waals surface area contributed by atoms with Crippen LogP contribution in [0.25, 0.3) is 0 Å². The molecule has 6 amide bonds.